The first-order chi connectivity index (χ1) is 6.45. The lowest BCUT2D eigenvalue weighted by molar-refractivity contribution is 0.0695. The predicted molar refractivity (Wildman–Crippen MR) is 43.7 cm³/mol. The van der Waals surface area contributed by atoms with E-state index in [1.165, 1.54) is 6.92 Å². The van der Waals surface area contributed by atoms with E-state index in [9.17, 15) is 18.4 Å². The number of halogens is 2. The van der Waals surface area contributed by atoms with Crippen LogP contribution in [-0.2, 0) is 0 Å². The van der Waals surface area contributed by atoms with Crippen molar-refractivity contribution in [1.82, 2.24) is 4.98 Å². The van der Waals surface area contributed by atoms with E-state index < -0.39 is 23.5 Å². The molecule has 1 aromatic rings. The zero-order valence-electron chi connectivity index (χ0n) is 7.17. The SMILES string of the molecule is Cc1c(C(=O)O)c[nH]c(=O)c1C(F)F. The number of aromatic amines is 1. The number of rotatable bonds is 2. The fourth-order valence-electron chi connectivity index (χ4n) is 1.12. The van der Waals surface area contributed by atoms with E-state index in [0.29, 0.717) is 0 Å². The minimum Gasteiger partial charge on any atom is -0.478 e. The average molecular weight is 203 g/mol. The number of H-pyrrole nitrogens is 1. The highest BCUT2D eigenvalue weighted by molar-refractivity contribution is 5.89. The van der Waals surface area contributed by atoms with E-state index in [2.05, 4.69) is 0 Å². The van der Waals surface area contributed by atoms with E-state index in [-0.39, 0.29) is 11.1 Å². The Labute approximate surface area is 77.2 Å². The van der Waals surface area contributed by atoms with Crippen LogP contribution in [0.15, 0.2) is 11.0 Å². The van der Waals surface area contributed by atoms with Crippen molar-refractivity contribution in [3.63, 3.8) is 0 Å². The van der Waals surface area contributed by atoms with Crippen LogP contribution in [0.2, 0.25) is 0 Å². The second-order valence-corrected chi connectivity index (χ2v) is 2.68. The van der Waals surface area contributed by atoms with Gasteiger partial charge in [0.2, 0.25) is 0 Å². The van der Waals surface area contributed by atoms with Gasteiger partial charge in [0.15, 0.2) is 0 Å². The normalized spacial score (nSPS) is 10.6. The fourth-order valence-corrected chi connectivity index (χ4v) is 1.12. The molecule has 0 aromatic carbocycles. The summed E-state index contributed by atoms with van der Waals surface area (Å²) in [5, 5.41) is 8.60. The third-order valence-corrected chi connectivity index (χ3v) is 1.85. The number of hydrogen-bond donors (Lipinski definition) is 2. The first kappa shape index (κ1) is 10.4. The van der Waals surface area contributed by atoms with Gasteiger partial charge < -0.3 is 10.1 Å². The van der Waals surface area contributed by atoms with Crippen molar-refractivity contribution in [2.45, 2.75) is 13.3 Å². The molecule has 0 bridgehead atoms. The van der Waals surface area contributed by atoms with E-state index in [1.807, 2.05) is 4.98 Å². The maximum absolute atomic E-state index is 12.3. The highest BCUT2D eigenvalue weighted by Crippen LogP contribution is 2.20. The molecule has 4 nitrogen and oxygen atoms in total. The number of aromatic carboxylic acids is 1. The predicted octanol–water partition coefficient (Wildman–Crippen LogP) is 1.32. The van der Waals surface area contributed by atoms with Gasteiger partial charge in [-0.2, -0.15) is 0 Å². The Morgan fingerprint density at radius 1 is 1.57 bits per heavy atom. The van der Waals surface area contributed by atoms with Crippen LogP contribution in [0.1, 0.15) is 27.9 Å². The smallest absolute Gasteiger partial charge is 0.337 e. The summed E-state index contributed by atoms with van der Waals surface area (Å²) < 4.78 is 24.6. The molecule has 0 atom stereocenters. The lowest BCUT2D eigenvalue weighted by Crippen LogP contribution is -2.18. The summed E-state index contributed by atoms with van der Waals surface area (Å²) in [6.45, 7) is 1.18. The quantitative estimate of drug-likeness (QED) is 0.761. The highest BCUT2D eigenvalue weighted by atomic mass is 19.3. The molecule has 0 spiro atoms. The Morgan fingerprint density at radius 2 is 2.14 bits per heavy atom. The Hall–Kier alpha value is -1.72. The van der Waals surface area contributed by atoms with Crippen LogP contribution in [0, 0.1) is 6.92 Å². The summed E-state index contributed by atoms with van der Waals surface area (Å²) in [7, 11) is 0. The summed E-state index contributed by atoms with van der Waals surface area (Å²) in [5.41, 5.74) is -2.26. The number of pyridine rings is 1. The van der Waals surface area contributed by atoms with Gasteiger partial charge in [0.1, 0.15) is 0 Å². The molecule has 0 saturated heterocycles. The van der Waals surface area contributed by atoms with Gasteiger partial charge in [0.25, 0.3) is 12.0 Å². The number of carboxylic acids is 1. The van der Waals surface area contributed by atoms with Crippen molar-refractivity contribution in [3.8, 4) is 0 Å². The van der Waals surface area contributed by atoms with Crippen LogP contribution in [0.3, 0.4) is 0 Å². The van der Waals surface area contributed by atoms with Gasteiger partial charge in [-0.05, 0) is 12.5 Å². The maximum Gasteiger partial charge on any atom is 0.337 e. The minimum atomic E-state index is -2.97. The molecule has 2 N–H and O–H groups in total. The number of hydrogen-bond acceptors (Lipinski definition) is 2. The maximum atomic E-state index is 12.3. The molecule has 1 rings (SSSR count). The van der Waals surface area contributed by atoms with Gasteiger partial charge in [-0.15, -0.1) is 0 Å². The molecule has 6 heteroatoms. The fraction of sp³-hybridized carbons (Fsp3) is 0.250. The molecule has 1 aromatic heterocycles. The Balaban J connectivity index is 3.49. The van der Waals surface area contributed by atoms with Gasteiger partial charge in [0, 0.05) is 6.20 Å². The molecule has 0 saturated carbocycles. The molecule has 0 unspecified atom stereocenters. The summed E-state index contributed by atoms with van der Waals surface area (Å²) in [6.07, 6.45) is -2.07. The molecule has 0 aliphatic carbocycles. The van der Waals surface area contributed by atoms with E-state index in [4.69, 9.17) is 5.11 Å². The zero-order valence-corrected chi connectivity index (χ0v) is 7.17. The first-order valence-corrected chi connectivity index (χ1v) is 3.68. The van der Waals surface area contributed by atoms with Crippen molar-refractivity contribution in [2.24, 2.45) is 0 Å². The van der Waals surface area contributed by atoms with Crippen LogP contribution in [-0.4, -0.2) is 16.1 Å². The van der Waals surface area contributed by atoms with Crippen LogP contribution < -0.4 is 5.56 Å². The molecule has 0 fully saturated rings. The standard InChI is InChI=1S/C8H7F2NO3/c1-3-4(8(13)14)2-11-7(12)5(3)6(9)10/h2,6H,1H3,(H,11,12)(H,13,14). The number of carbonyl (C=O) groups is 1. The molecule has 14 heavy (non-hydrogen) atoms. The molecule has 1 heterocycles. The topological polar surface area (TPSA) is 70.2 Å². The van der Waals surface area contributed by atoms with Gasteiger partial charge in [0.05, 0.1) is 11.1 Å². The molecule has 0 aliphatic heterocycles. The second-order valence-electron chi connectivity index (χ2n) is 2.68. The number of aromatic nitrogens is 1. The van der Waals surface area contributed by atoms with Crippen LogP contribution in [0.25, 0.3) is 0 Å². The van der Waals surface area contributed by atoms with Gasteiger partial charge >= 0.3 is 5.97 Å². The highest BCUT2D eigenvalue weighted by Gasteiger charge is 2.20. The van der Waals surface area contributed by atoms with Crippen molar-refractivity contribution in [3.05, 3.63) is 33.2 Å². The molecular formula is C8H7F2NO3. The largest absolute Gasteiger partial charge is 0.478 e. The second kappa shape index (κ2) is 3.57. The average Bonchev–Trinajstić information content (AvgIpc) is 2.02. The van der Waals surface area contributed by atoms with Gasteiger partial charge in [-0.25, -0.2) is 13.6 Å². The van der Waals surface area contributed by atoms with Gasteiger partial charge in [-0.3, -0.25) is 4.79 Å². The summed E-state index contributed by atoms with van der Waals surface area (Å²) in [5.74, 6) is -1.35. The van der Waals surface area contributed by atoms with Gasteiger partial charge in [-0.1, -0.05) is 0 Å². The molecule has 0 aliphatic rings. The third kappa shape index (κ3) is 1.63. The summed E-state index contributed by atoms with van der Waals surface area (Å²) in [6, 6.07) is 0. The molecule has 76 valence electrons. The Bertz CT molecular complexity index is 425. The Morgan fingerprint density at radius 3 is 2.57 bits per heavy atom. The van der Waals surface area contributed by atoms with E-state index >= 15 is 0 Å². The number of carboxylic acid groups (broad SMARTS) is 1. The molecule has 0 amide bonds. The van der Waals surface area contributed by atoms with Crippen molar-refractivity contribution >= 4 is 5.97 Å². The molecule has 0 radical (unpaired) electrons. The summed E-state index contributed by atoms with van der Waals surface area (Å²) >= 11 is 0. The molecular weight excluding hydrogens is 196 g/mol. The van der Waals surface area contributed by atoms with Crippen LogP contribution >= 0.6 is 0 Å². The van der Waals surface area contributed by atoms with Crippen molar-refractivity contribution in [1.29, 1.82) is 0 Å². The van der Waals surface area contributed by atoms with E-state index in [1.54, 1.807) is 0 Å². The van der Waals surface area contributed by atoms with Crippen LogP contribution in [0.5, 0.6) is 0 Å². The monoisotopic (exact) mass is 203 g/mol. The summed E-state index contributed by atoms with van der Waals surface area (Å²) in [4.78, 5) is 23.4. The lowest BCUT2D eigenvalue weighted by Gasteiger charge is -2.05. The van der Waals surface area contributed by atoms with Crippen LogP contribution in [0.4, 0.5) is 8.78 Å². The van der Waals surface area contributed by atoms with Crippen molar-refractivity contribution in [2.75, 3.05) is 0 Å². The Kier molecular flexibility index (Phi) is 2.64. The first-order valence-electron chi connectivity index (χ1n) is 3.68. The number of alkyl halides is 2. The zero-order chi connectivity index (χ0) is 10.9. The minimum absolute atomic E-state index is 0.198. The number of nitrogens with one attached hydrogen (secondary N) is 1. The van der Waals surface area contributed by atoms with Crippen molar-refractivity contribution < 1.29 is 18.7 Å². The van der Waals surface area contributed by atoms with E-state index in [0.717, 1.165) is 6.20 Å². The lowest BCUT2D eigenvalue weighted by atomic mass is 10.1. The third-order valence-electron chi connectivity index (χ3n) is 1.85.